The van der Waals surface area contributed by atoms with Gasteiger partial charge >= 0.3 is 6.03 Å². The number of hydrogen-bond donors (Lipinski definition) is 2. The van der Waals surface area contributed by atoms with Crippen molar-refractivity contribution >= 4 is 17.8 Å². The number of nitriles is 1. The first-order valence-corrected chi connectivity index (χ1v) is 9.50. The van der Waals surface area contributed by atoms with Crippen LogP contribution in [0.15, 0.2) is 24.3 Å². The summed E-state index contributed by atoms with van der Waals surface area (Å²) in [4.78, 5) is 38.1. The fourth-order valence-corrected chi connectivity index (χ4v) is 3.51. The van der Waals surface area contributed by atoms with Gasteiger partial charge in [0.15, 0.2) is 0 Å². The third kappa shape index (κ3) is 3.72. The Morgan fingerprint density at radius 1 is 1.32 bits per heavy atom. The molecule has 28 heavy (non-hydrogen) atoms. The third-order valence-corrected chi connectivity index (χ3v) is 5.54. The predicted molar refractivity (Wildman–Crippen MR) is 103 cm³/mol. The Balaban J connectivity index is 1.65. The molecule has 1 heterocycles. The summed E-state index contributed by atoms with van der Waals surface area (Å²) in [6, 6.07) is 8.15. The Hall–Kier alpha value is -2.88. The van der Waals surface area contributed by atoms with Crippen LogP contribution in [0, 0.1) is 17.2 Å². The van der Waals surface area contributed by atoms with E-state index in [-0.39, 0.29) is 17.2 Å². The highest BCUT2D eigenvalue weighted by Gasteiger charge is 2.56. The second-order valence-electron chi connectivity index (χ2n) is 8.80. The van der Waals surface area contributed by atoms with E-state index < -0.39 is 30.1 Å². The molecule has 1 aliphatic heterocycles. The van der Waals surface area contributed by atoms with E-state index in [1.807, 2.05) is 24.3 Å². The van der Waals surface area contributed by atoms with Crippen molar-refractivity contribution < 1.29 is 14.4 Å². The van der Waals surface area contributed by atoms with Gasteiger partial charge in [-0.3, -0.25) is 14.5 Å². The Morgan fingerprint density at radius 3 is 2.43 bits per heavy atom. The molecule has 0 aromatic heterocycles. The summed E-state index contributed by atoms with van der Waals surface area (Å²) in [5, 5.41) is 14.8. The molecule has 2 aliphatic rings. The lowest BCUT2D eigenvalue weighted by Crippen LogP contribution is -2.47. The van der Waals surface area contributed by atoms with E-state index in [1.165, 1.54) is 0 Å². The van der Waals surface area contributed by atoms with E-state index in [1.54, 1.807) is 6.92 Å². The zero-order chi connectivity index (χ0) is 20.7. The molecule has 1 saturated heterocycles. The van der Waals surface area contributed by atoms with Crippen molar-refractivity contribution in [1.82, 2.24) is 15.5 Å². The molecule has 0 unspecified atom stereocenters. The zero-order valence-corrected chi connectivity index (χ0v) is 16.7. The molecule has 0 radical (unpaired) electrons. The Bertz CT molecular complexity index is 846. The number of nitrogens with one attached hydrogen (secondary N) is 2. The van der Waals surface area contributed by atoms with Crippen molar-refractivity contribution in [3.8, 4) is 6.07 Å². The normalized spacial score (nSPS) is 23.2. The SMILES string of the molecule is CC(C)(C)c1ccc([C@H](C#N)NC(=O)CN2C(=O)N[C@@](C)(C3CC3)C2=O)cc1. The van der Waals surface area contributed by atoms with Gasteiger partial charge in [0, 0.05) is 0 Å². The molecule has 148 valence electrons. The van der Waals surface area contributed by atoms with Gasteiger partial charge in [0.25, 0.3) is 5.91 Å². The second-order valence-corrected chi connectivity index (χ2v) is 8.80. The molecule has 7 heteroatoms. The van der Waals surface area contributed by atoms with Crippen molar-refractivity contribution in [3.63, 3.8) is 0 Å². The fourth-order valence-electron chi connectivity index (χ4n) is 3.51. The van der Waals surface area contributed by atoms with Crippen LogP contribution in [-0.2, 0) is 15.0 Å². The molecule has 3 rings (SSSR count). The number of nitrogens with zero attached hydrogens (tertiary/aromatic N) is 2. The lowest BCUT2D eigenvalue weighted by atomic mass is 9.86. The quantitative estimate of drug-likeness (QED) is 0.763. The lowest BCUT2D eigenvalue weighted by molar-refractivity contribution is -0.135. The summed E-state index contributed by atoms with van der Waals surface area (Å²) in [5.74, 6) is -0.793. The van der Waals surface area contributed by atoms with E-state index >= 15 is 0 Å². The van der Waals surface area contributed by atoms with Crippen molar-refractivity contribution in [2.75, 3.05) is 6.54 Å². The van der Waals surface area contributed by atoms with Crippen molar-refractivity contribution in [3.05, 3.63) is 35.4 Å². The molecule has 2 fully saturated rings. The van der Waals surface area contributed by atoms with Crippen LogP contribution >= 0.6 is 0 Å². The van der Waals surface area contributed by atoms with Crippen LogP contribution in [0.4, 0.5) is 4.79 Å². The zero-order valence-electron chi connectivity index (χ0n) is 16.7. The van der Waals surface area contributed by atoms with Gasteiger partial charge in [-0.25, -0.2) is 4.79 Å². The molecular formula is C21H26N4O3. The topological polar surface area (TPSA) is 102 Å². The number of carbonyl (C=O) groups is 3. The van der Waals surface area contributed by atoms with Crippen molar-refractivity contribution in [2.45, 2.75) is 57.5 Å². The molecule has 1 aromatic rings. The highest BCUT2D eigenvalue weighted by molar-refractivity contribution is 6.09. The van der Waals surface area contributed by atoms with Gasteiger partial charge in [0.1, 0.15) is 18.1 Å². The average molecular weight is 382 g/mol. The summed E-state index contributed by atoms with van der Waals surface area (Å²) < 4.78 is 0. The Kier molecular flexibility index (Phi) is 4.92. The lowest BCUT2D eigenvalue weighted by Gasteiger charge is -2.21. The van der Waals surface area contributed by atoms with Crippen LogP contribution in [0.25, 0.3) is 0 Å². The number of urea groups is 1. The summed E-state index contributed by atoms with van der Waals surface area (Å²) in [6.45, 7) is 7.60. The maximum absolute atomic E-state index is 12.6. The van der Waals surface area contributed by atoms with E-state index in [2.05, 4.69) is 37.5 Å². The summed E-state index contributed by atoms with van der Waals surface area (Å²) >= 11 is 0. The molecule has 2 N–H and O–H groups in total. The number of hydrogen-bond acceptors (Lipinski definition) is 4. The summed E-state index contributed by atoms with van der Waals surface area (Å²) in [6.07, 6.45) is 1.78. The van der Waals surface area contributed by atoms with Gasteiger partial charge in [-0.15, -0.1) is 0 Å². The van der Waals surface area contributed by atoms with Crippen LogP contribution in [0.3, 0.4) is 0 Å². The first-order valence-electron chi connectivity index (χ1n) is 9.50. The second kappa shape index (κ2) is 6.93. The van der Waals surface area contributed by atoms with Crippen LogP contribution in [-0.4, -0.2) is 34.8 Å². The maximum atomic E-state index is 12.6. The van der Waals surface area contributed by atoms with Gasteiger partial charge in [-0.2, -0.15) is 5.26 Å². The fraction of sp³-hybridized carbons (Fsp3) is 0.524. The molecule has 1 saturated carbocycles. The first-order chi connectivity index (χ1) is 13.1. The van der Waals surface area contributed by atoms with Gasteiger partial charge in [0.2, 0.25) is 5.91 Å². The third-order valence-electron chi connectivity index (χ3n) is 5.54. The minimum Gasteiger partial charge on any atom is -0.335 e. The van der Waals surface area contributed by atoms with Crippen molar-refractivity contribution in [2.24, 2.45) is 5.92 Å². The van der Waals surface area contributed by atoms with Crippen LogP contribution in [0.2, 0.25) is 0 Å². The highest BCUT2D eigenvalue weighted by Crippen LogP contribution is 2.42. The van der Waals surface area contributed by atoms with Crippen LogP contribution in [0.5, 0.6) is 0 Å². The molecule has 1 aromatic carbocycles. The van der Waals surface area contributed by atoms with E-state index in [0.29, 0.717) is 5.56 Å². The molecule has 0 spiro atoms. The first kappa shape index (κ1) is 19.9. The number of amides is 4. The van der Waals surface area contributed by atoms with E-state index in [0.717, 1.165) is 23.3 Å². The van der Waals surface area contributed by atoms with Gasteiger partial charge < -0.3 is 10.6 Å². The standard InChI is InChI=1S/C21H26N4O3/c1-20(2,3)14-7-5-13(6-8-14)16(11-22)23-17(26)12-25-18(27)21(4,15-9-10-15)24-19(25)28/h5-8,15-16H,9-10,12H2,1-4H3,(H,23,26)(H,24,28)/t16-,21-/m0/s1. The number of benzene rings is 1. The molecule has 1 aliphatic carbocycles. The molecule has 0 bridgehead atoms. The summed E-state index contributed by atoms with van der Waals surface area (Å²) in [7, 11) is 0. The van der Waals surface area contributed by atoms with Crippen LogP contribution < -0.4 is 10.6 Å². The molecular weight excluding hydrogens is 356 g/mol. The van der Waals surface area contributed by atoms with Gasteiger partial charge in [-0.1, -0.05) is 45.0 Å². The van der Waals surface area contributed by atoms with Gasteiger partial charge in [0.05, 0.1) is 6.07 Å². The average Bonchev–Trinajstić information content (AvgIpc) is 3.45. The highest BCUT2D eigenvalue weighted by atomic mass is 16.2. The van der Waals surface area contributed by atoms with Gasteiger partial charge in [-0.05, 0) is 42.2 Å². The van der Waals surface area contributed by atoms with E-state index in [9.17, 15) is 19.6 Å². The smallest absolute Gasteiger partial charge is 0.325 e. The monoisotopic (exact) mass is 382 g/mol. The maximum Gasteiger partial charge on any atom is 0.325 e. The number of carbonyl (C=O) groups excluding carboxylic acids is 3. The molecule has 2 atom stereocenters. The Labute approximate surface area is 165 Å². The molecule has 7 nitrogen and oxygen atoms in total. The minimum absolute atomic E-state index is 0.0123. The van der Waals surface area contributed by atoms with Crippen molar-refractivity contribution in [1.29, 1.82) is 5.26 Å². The minimum atomic E-state index is -0.922. The number of rotatable bonds is 5. The van der Waals surface area contributed by atoms with Crippen LogP contribution in [0.1, 0.15) is 57.7 Å². The predicted octanol–water partition coefficient (Wildman–Crippen LogP) is 2.39. The largest absolute Gasteiger partial charge is 0.335 e. The Morgan fingerprint density at radius 2 is 1.93 bits per heavy atom. The van der Waals surface area contributed by atoms with E-state index in [4.69, 9.17) is 0 Å². The summed E-state index contributed by atoms with van der Waals surface area (Å²) in [5.41, 5.74) is 0.845. The number of imide groups is 1. The molecule has 4 amide bonds.